The highest BCUT2D eigenvalue weighted by Gasteiger charge is 2.15. The fourth-order valence-corrected chi connectivity index (χ4v) is 2.63. The predicted molar refractivity (Wildman–Crippen MR) is 81.6 cm³/mol. The topological polar surface area (TPSA) is 48.9 Å². The van der Waals surface area contributed by atoms with Crippen LogP contribution in [-0.2, 0) is 20.1 Å². The number of hydrogen-bond acceptors (Lipinski definition) is 2. The number of nitrogens with zero attached hydrogens (tertiary/aromatic N) is 3. The Morgan fingerprint density at radius 1 is 1.10 bits per heavy atom. The molecular formula is C16H17N3O2. The van der Waals surface area contributed by atoms with Crippen LogP contribution >= 0.6 is 0 Å². The number of aromatic nitrogens is 3. The smallest absolute Gasteiger partial charge is 0.329 e. The third-order valence-electron chi connectivity index (χ3n) is 3.70. The van der Waals surface area contributed by atoms with Gasteiger partial charge in [-0.05, 0) is 25.1 Å². The third-order valence-corrected chi connectivity index (χ3v) is 3.70. The van der Waals surface area contributed by atoms with E-state index in [0.717, 1.165) is 11.0 Å². The molecule has 5 nitrogen and oxygen atoms in total. The maximum Gasteiger partial charge on any atom is 0.329 e. The van der Waals surface area contributed by atoms with Crippen LogP contribution in [-0.4, -0.2) is 19.5 Å². The second-order valence-electron chi connectivity index (χ2n) is 5.09. The van der Waals surface area contributed by atoms with Gasteiger partial charge in [-0.2, -0.15) is 0 Å². The molecule has 0 aliphatic heterocycles. The van der Waals surface area contributed by atoms with Crippen molar-refractivity contribution in [3.63, 3.8) is 0 Å². The van der Waals surface area contributed by atoms with Gasteiger partial charge in [0.05, 0.1) is 17.6 Å². The SMILES string of the molecule is CCn1c(=O)n(CC(=O)c2ccn(C)c2)c2ccccc21. The van der Waals surface area contributed by atoms with E-state index in [1.54, 1.807) is 21.4 Å². The summed E-state index contributed by atoms with van der Waals surface area (Å²) in [6.07, 6.45) is 3.59. The van der Waals surface area contributed by atoms with Crippen LogP contribution in [0.5, 0.6) is 0 Å². The first-order valence-electron chi connectivity index (χ1n) is 6.95. The highest BCUT2D eigenvalue weighted by molar-refractivity contribution is 5.96. The number of Topliss-reactive ketones (excluding diaryl/α,β-unsaturated/α-hetero) is 1. The molecule has 0 N–H and O–H groups in total. The van der Waals surface area contributed by atoms with Crippen molar-refractivity contribution in [1.29, 1.82) is 0 Å². The Balaban J connectivity index is 2.07. The van der Waals surface area contributed by atoms with Crippen molar-refractivity contribution in [2.24, 2.45) is 7.05 Å². The summed E-state index contributed by atoms with van der Waals surface area (Å²) in [5.74, 6) is -0.0586. The predicted octanol–water partition coefficient (Wildman–Crippen LogP) is 2.04. The van der Waals surface area contributed by atoms with Crippen molar-refractivity contribution in [3.05, 3.63) is 58.8 Å². The quantitative estimate of drug-likeness (QED) is 0.688. The summed E-state index contributed by atoms with van der Waals surface area (Å²) in [6.45, 7) is 2.58. The van der Waals surface area contributed by atoms with Gasteiger partial charge >= 0.3 is 5.69 Å². The van der Waals surface area contributed by atoms with Crippen LogP contribution in [0, 0.1) is 0 Å². The molecule has 5 heteroatoms. The van der Waals surface area contributed by atoms with E-state index in [1.807, 2.05) is 49.0 Å². The Morgan fingerprint density at radius 2 is 1.76 bits per heavy atom. The van der Waals surface area contributed by atoms with Crippen molar-refractivity contribution >= 4 is 16.8 Å². The molecule has 21 heavy (non-hydrogen) atoms. The summed E-state index contributed by atoms with van der Waals surface area (Å²) in [7, 11) is 1.87. The number of para-hydroxylation sites is 2. The van der Waals surface area contributed by atoms with Gasteiger partial charge in [0.2, 0.25) is 0 Å². The number of fused-ring (bicyclic) bond motifs is 1. The summed E-state index contributed by atoms with van der Waals surface area (Å²) in [4.78, 5) is 24.8. The van der Waals surface area contributed by atoms with Gasteiger partial charge in [-0.1, -0.05) is 12.1 Å². The van der Waals surface area contributed by atoms with Gasteiger partial charge in [-0.3, -0.25) is 13.9 Å². The summed E-state index contributed by atoms with van der Waals surface area (Å²) in [5, 5.41) is 0. The number of carbonyl (C=O) groups is 1. The zero-order chi connectivity index (χ0) is 15.0. The number of benzene rings is 1. The molecule has 0 aliphatic rings. The minimum Gasteiger partial charge on any atom is -0.357 e. The van der Waals surface area contributed by atoms with Crippen molar-refractivity contribution in [1.82, 2.24) is 13.7 Å². The van der Waals surface area contributed by atoms with Crippen LogP contribution < -0.4 is 5.69 Å². The average Bonchev–Trinajstić information content (AvgIpc) is 3.02. The Morgan fingerprint density at radius 3 is 2.33 bits per heavy atom. The van der Waals surface area contributed by atoms with Gasteiger partial charge in [0.1, 0.15) is 0 Å². The third kappa shape index (κ3) is 2.20. The highest BCUT2D eigenvalue weighted by atomic mass is 16.2. The van der Waals surface area contributed by atoms with Crippen LogP contribution in [0.2, 0.25) is 0 Å². The summed E-state index contributed by atoms with van der Waals surface area (Å²) < 4.78 is 5.06. The fraction of sp³-hybridized carbons (Fsp3) is 0.250. The van der Waals surface area contributed by atoms with Crippen LogP contribution in [0.3, 0.4) is 0 Å². The largest absolute Gasteiger partial charge is 0.357 e. The molecule has 108 valence electrons. The van der Waals surface area contributed by atoms with E-state index in [-0.39, 0.29) is 18.0 Å². The molecule has 0 radical (unpaired) electrons. The summed E-state index contributed by atoms with van der Waals surface area (Å²) in [5.41, 5.74) is 2.15. The van der Waals surface area contributed by atoms with Gasteiger partial charge in [0, 0.05) is 31.5 Å². The molecule has 0 aliphatic carbocycles. The van der Waals surface area contributed by atoms with E-state index < -0.39 is 0 Å². The van der Waals surface area contributed by atoms with Crippen molar-refractivity contribution in [2.75, 3.05) is 0 Å². The fourth-order valence-electron chi connectivity index (χ4n) is 2.63. The lowest BCUT2D eigenvalue weighted by Crippen LogP contribution is -2.26. The minimum atomic E-state index is -0.136. The number of hydrogen-bond donors (Lipinski definition) is 0. The Hall–Kier alpha value is -2.56. The van der Waals surface area contributed by atoms with Crippen molar-refractivity contribution < 1.29 is 4.79 Å². The lowest BCUT2D eigenvalue weighted by molar-refractivity contribution is 0.0972. The molecule has 2 heterocycles. The van der Waals surface area contributed by atoms with Crippen LogP contribution in [0.4, 0.5) is 0 Å². The van der Waals surface area contributed by atoms with E-state index in [1.165, 1.54) is 0 Å². The van der Waals surface area contributed by atoms with Crippen molar-refractivity contribution in [3.8, 4) is 0 Å². The Bertz CT molecular complexity index is 867. The molecule has 0 spiro atoms. The van der Waals surface area contributed by atoms with Gasteiger partial charge in [0.15, 0.2) is 5.78 Å². The molecule has 3 aromatic rings. The molecular weight excluding hydrogens is 266 g/mol. The second kappa shape index (κ2) is 5.09. The first-order chi connectivity index (χ1) is 10.1. The Labute approximate surface area is 122 Å². The molecule has 0 fully saturated rings. The number of imidazole rings is 1. The molecule has 0 saturated heterocycles. The maximum atomic E-state index is 12.5. The highest BCUT2D eigenvalue weighted by Crippen LogP contribution is 2.13. The zero-order valence-corrected chi connectivity index (χ0v) is 12.1. The molecule has 0 bridgehead atoms. The number of ketones is 1. The molecule has 2 aromatic heterocycles. The van der Waals surface area contributed by atoms with Crippen molar-refractivity contribution in [2.45, 2.75) is 20.0 Å². The molecule has 3 rings (SSSR count). The molecule has 0 unspecified atom stereocenters. The van der Waals surface area contributed by atoms with E-state index in [9.17, 15) is 9.59 Å². The normalized spacial score (nSPS) is 11.1. The minimum absolute atomic E-state index is 0.0586. The molecule has 1 aromatic carbocycles. The van der Waals surface area contributed by atoms with Gasteiger partial charge in [-0.15, -0.1) is 0 Å². The van der Waals surface area contributed by atoms with E-state index in [0.29, 0.717) is 12.1 Å². The van der Waals surface area contributed by atoms with Gasteiger partial charge < -0.3 is 4.57 Å². The van der Waals surface area contributed by atoms with Crippen LogP contribution in [0.25, 0.3) is 11.0 Å². The first kappa shape index (κ1) is 13.4. The van der Waals surface area contributed by atoms with Crippen LogP contribution in [0.1, 0.15) is 17.3 Å². The Kier molecular flexibility index (Phi) is 3.25. The van der Waals surface area contributed by atoms with E-state index in [4.69, 9.17) is 0 Å². The van der Waals surface area contributed by atoms with E-state index in [2.05, 4.69) is 0 Å². The van der Waals surface area contributed by atoms with Gasteiger partial charge in [0.25, 0.3) is 0 Å². The second-order valence-corrected chi connectivity index (χ2v) is 5.09. The first-order valence-corrected chi connectivity index (χ1v) is 6.95. The number of rotatable bonds is 4. The number of carbonyl (C=O) groups excluding carboxylic acids is 1. The van der Waals surface area contributed by atoms with E-state index >= 15 is 0 Å². The monoisotopic (exact) mass is 283 g/mol. The lowest BCUT2D eigenvalue weighted by Gasteiger charge is -2.01. The molecule has 0 amide bonds. The maximum absolute atomic E-state index is 12.5. The standard InChI is InChI=1S/C16H17N3O2/c1-3-18-13-6-4-5-7-14(13)19(16(18)21)11-15(20)12-8-9-17(2)10-12/h4-10H,3,11H2,1-2H3. The lowest BCUT2D eigenvalue weighted by atomic mass is 10.2. The molecule has 0 atom stereocenters. The average molecular weight is 283 g/mol. The zero-order valence-electron chi connectivity index (χ0n) is 12.1. The van der Waals surface area contributed by atoms with Gasteiger partial charge in [-0.25, -0.2) is 4.79 Å². The summed E-state index contributed by atoms with van der Waals surface area (Å²) in [6, 6.07) is 9.33. The number of aryl methyl sites for hydroxylation is 2. The van der Waals surface area contributed by atoms with Crippen LogP contribution in [0.15, 0.2) is 47.5 Å². The summed E-state index contributed by atoms with van der Waals surface area (Å²) >= 11 is 0. The molecule has 0 saturated carbocycles.